The van der Waals surface area contributed by atoms with Gasteiger partial charge in [0.15, 0.2) is 5.78 Å². The minimum absolute atomic E-state index is 0.0392. The SMILES string of the molecule is COC(=O)C[C@H]1[C@]2(C)C3=C(C)[C@H](C4=CCOC4=O)C[C@H]3O[C@@H]2[C@@H]2OC[C@]3(C)C=CC(=O)[C@@]1(C)[C@@H]23. The van der Waals surface area contributed by atoms with Gasteiger partial charge in [0.05, 0.1) is 38.4 Å². The van der Waals surface area contributed by atoms with Crippen LogP contribution in [-0.2, 0) is 33.3 Å². The number of carbonyl (C=O) groups excluding carboxylic acids is 3. The van der Waals surface area contributed by atoms with Crippen LogP contribution >= 0.6 is 0 Å². The molecule has 2 saturated heterocycles. The number of ketones is 1. The van der Waals surface area contributed by atoms with E-state index in [2.05, 4.69) is 20.8 Å². The van der Waals surface area contributed by atoms with Crippen LogP contribution in [0.1, 0.15) is 40.5 Å². The molecule has 34 heavy (non-hydrogen) atoms. The Morgan fingerprint density at radius 3 is 2.65 bits per heavy atom. The highest BCUT2D eigenvalue weighted by atomic mass is 16.6. The van der Waals surface area contributed by atoms with Crippen molar-refractivity contribution >= 4 is 17.7 Å². The molecule has 0 aromatic carbocycles. The standard InChI is InChI=1S/C27H32O7/c1-13-15(14-7-9-32-24(14)30)10-16-20(13)27(4)17(11-19(29)31-5)26(3)18(28)6-8-25(2)12-33-21(22(25)26)23(27)34-16/h6-8,15-17,21-23H,9-12H2,1-5H3/t15-,16-,17-,21-,22+,23-,25+,26+,27-/m1/s1. The van der Waals surface area contributed by atoms with Gasteiger partial charge in [-0.25, -0.2) is 4.79 Å². The average molecular weight is 469 g/mol. The van der Waals surface area contributed by atoms with Crippen LogP contribution in [0.25, 0.3) is 0 Å². The second kappa shape index (κ2) is 6.91. The molecule has 3 aliphatic heterocycles. The van der Waals surface area contributed by atoms with Crippen LogP contribution < -0.4 is 0 Å². The number of methoxy groups -OCH3 is 1. The Hall–Kier alpha value is -2.25. The van der Waals surface area contributed by atoms with Crippen molar-refractivity contribution in [2.24, 2.45) is 34.0 Å². The Kier molecular flexibility index (Phi) is 4.52. The molecular weight excluding hydrogens is 436 g/mol. The van der Waals surface area contributed by atoms with Crippen LogP contribution in [0.4, 0.5) is 0 Å². The molecule has 1 saturated carbocycles. The van der Waals surface area contributed by atoms with Gasteiger partial charge in [0, 0.05) is 33.7 Å². The Morgan fingerprint density at radius 1 is 1.21 bits per heavy atom. The van der Waals surface area contributed by atoms with Crippen LogP contribution in [0.5, 0.6) is 0 Å². The molecule has 6 aliphatic rings. The van der Waals surface area contributed by atoms with E-state index in [-0.39, 0.29) is 65.6 Å². The van der Waals surface area contributed by atoms with E-state index in [1.807, 2.05) is 19.1 Å². The van der Waals surface area contributed by atoms with E-state index in [0.717, 1.165) is 11.1 Å². The molecule has 0 aromatic rings. The summed E-state index contributed by atoms with van der Waals surface area (Å²) in [5.41, 5.74) is 1.19. The van der Waals surface area contributed by atoms with Gasteiger partial charge in [0.2, 0.25) is 0 Å². The molecule has 3 fully saturated rings. The lowest BCUT2D eigenvalue weighted by molar-refractivity contribution is -0.188. The van der Waals surface area contributed by atoms with Gasteiger partial charge >= 0.3 is 11.9 Å². The highest BCUT2D eigenvalue weighted by molar-refractivity contribution is 5.97. The summed E-state index contributed by atoms with van der Waals surface area (Å²) < 4.78 is 23.5. The molecule has 0 amide bonds. The van der Waals surface area contributed by atoms with Gasteiger partial charge in [0.1, 0.15) is 6.61 Å². The molecule has 0 radical (unpaired) electrons. The van der Waals surface area contributed by atoms with E-state index in [4.69, 9.17) is 18.9 Å². The summed E-state index contributed by atoms with van der Waals surface area (Å²) in [6.45, 7) is 9.19. The lowest BCUT2D eigenvalue weighted by Crippen LogP contribution is -2.66. The predicted molar refractivity (Wildman–Crippen MR) is 120 cm³/mol. The van der Waals surface area contributed by atoms with Crippen molar-refractivity contribution in [1.29, 1.82) is 0 Å². The maximum absolute atomic E-state index is 13.7. The monoisotopic (exact) mass is 468 g/mol. The van der Waals surface area contributed by atoms with Gasteiger partial charge in [0.25, 0.3) is 0 Å². The molecule has 6 rings (SSSR count). The van der Waals surface area contributed by atoms with Crippen molar-refractivity contribution in [2.45, 2.75) is 58.8 Å². The highest BCUT2D eigenvalue weighted by Gasteiger charge is 2.75. The normalized spacial score (nSPS) is 48.4. The summed E-state index contributed by atoms with van der Waals surface area (Å²) >= 11 is 0. The third kappa shape index (κ3) is 2.47. The van der Waals surface area contributed by atoms with Gasteiger partial charge in [-0.15, -0.1) is 0 Å². The third-order valence-electron chi connectivity index (χ3n) is 10.1. The van der Waals surface area contributed by atoms with Crippen LogP contribution in [-0.4, -0.2) is 56.4 Å². The quantitative estimate of drug-likeness (QED) is 0.465. The highest BCUT2D eigenvalue weighted by Crippen LogP contribution is 2.71. The maximum atomic E-state index is 13.7. The largest absolute Gasteiger partial charge is 0.469 e. The number of fused-ring (bicyclic) bond motifs is 4. The van der Waals surface area contributed by atoms with E-state index >= 15 is 0 Å². The zero-order valence-corrected chi connectivity index (χ0v) is 20.4. The molecular formula is C27H32O7. The smallest absolute Gasteiger partial charge is 0.334 e. The summed E-state index contributed by atoms with van der Waals surface area (Å²) in [5, 5.41) is 0. The Morgan fingerprint density at radius 2 is 1.97 bits per heavy atom. The number of hydrogen-bond acceptors (Lipinski definition) is 7. The van der Waals surface area contributed by atoms with E-state index < -0.39 is 10.8 Å². The average Bonchev–Trinajstić information content (AvgIpc) is 3.53. The summed E-state index contributed by atoms with van der Waals surface area (Å²) in [7, 11) is 1.39. The Labute approximate surface area is 199 Å². The van der Waals surface area contributed by atoms with Crippen molar-refractivity contribution in [2.75, 3.05) is 20.3 Å². The summed E-state index contributed by atoms with van der Waals surface area (Å²) in [5.74, 6) is -1.04. The minimum Gasteiger partial charge on any atom is -0.469 e. The summed E-state index contributed by atoms with van der Waals surface area (Å²) in [6, 6.07) is 0. The zero-order valence-electron chi connectivity index (χ0n) is 20.4. The van der Waals surface area contributed by atoms with E-state index in [1.54, 1.807) is 6.08 Å². The van der Waals surface area contributed by atoms with Crippen molar-refractivity contribution in [3.63, 3.8) is 0 Å². The first-order valence-corrected chi connectivity index (χ1v) is 12.2. The third-order valence-corrected chi connectivity index (χ3v) is 10.1. The zero-order chi connectivity index (χ0) is 24.2. The molecule has 7 nitrogen and oxygen atoms in total. The number of allylic oxidation sites excluding steroid dienone is 2. The molecule has 182 valence electrons. The molecule has 3 aliphatic carbocycles. The van der Waals surface area contributed by atoms with Crippen molar-refractivity contribution in [3.8, 4) is 0 Å². The fraction of sp³-hybridized carbons (Fsp3) is 0.667. The predicted octanol–water partition coefficient (Wildman–Crippen LogP) is 2.94. The van der Waals surface area contributed by atoms with Crippen molar-refractivity contribution < 1.29 is 33.3 Å². The number of rotatable bonds is 3. The second-order valence-corrected chi connectivity index (χ2v) is 11.5. The molecule has 0 N–H and O–H groups in total. The van der Waals surface area contributed by atoms with Gasteiger partial charge in [-0.1, -0.05) is 32.4 Å². The van der Waals surface area contributed by atoms with E-state index in [9.17, 15) is 14.4 Å². The molecule has 7 heteroatoms. The Balaban J connectivity index is 1.54. The molecule has 0 unspecified atom stereocenters. The lowest BCUT2D eigenvalue weighted by Gasteiger charge is -2.60. The Bertz CT molecular complexity index is 1100. The summed E-state index contributed by atoms with van der Waals surface area (Å²) in [6.07, 6.45) is 5.64. The number of carbonyl (C=O) groups is 3. The van der Waals surface area contributed by atoms with Gasteiger partial charge in [-0.05, 0) is 37.0 Å². The topological polar surface area (TPSA) is 88.1 Å². The van der Waals surface area contributed by atoms with Gasteiger partial charge < -0.3 is 18.9 Å². The molecule has 0 bridgehead atoms. The first-order chi connectivity index (χ1) is 16.1. The van der Waals surface area contributed by atoms with Crippen molar-refractivity contribution in [3.05, 3.63) is 34.9 Å². The number of ether oxygens (including phenoxy) is 4. The first-order valence-electron chi connectivity index (χ1n) is 12.2. The number of hydrogen-bond donors (Lipinski definition) is 0. The minimum atomic E-state index is -0.806. The van der Waals surface area contributed by atoms with Crippen LogP contribution in [0, 0.1) is 34.0 Å². The molecule has 0 aromatic heterocycles. The number of cyclic esters (lactones) is 1. The lowest BCUT2D eigenvalue weighted by atomic mass is 9.42. The maximum Gasteiger partial charge on any atom is 0.334 e. The van der Waals surface area contributed by atoms with E-state index in [1.165, 1.54) is 7.11 Å². The fourth-order valence-corrected chi connectivity index (χ4v) is 8.70. The molecule has 9 atom stereocenters. The van der Waals surface area contributed by atoms with E-state index in [0.29, 0.717) is 25.2 Å². The molecule has 0 spiro atoms. The second-order valence-electron chi connectivity index (χ2n) is 11.5. The van der Waals surface area contributed by atoms with Gasteiger partial charge in [-0.3, -0.25) is 9.59 Å². The number of esters is 2. The van der Waals surface area contributed by atoms with Crippen molar-refractivity contribution in [1.82, 2.24) is 0 Å². The van der Waals surface area contributed by atoms with Gasteiger partial charge in [-0.2, -0.15) is 0 Å². The summed E-state index contributed by atoms with van der Waals surface area (Å²) in [4.78, 5) is 38.8. The van der Waals surface area contributed by atoms with Crippen LogP contribution in [0.2, 0.25) is 0 Å². The van der Waals surface area contributed by atoms with Crippen LogP contribution in [0.15, 0.2) is 34.9 Å². The first kappa shape index (κ1) is 22.2. The fourth-order valence-electron chi connectivity index (χ4n) is 8.70. The molecule has 3 heterocycles. The van der Waals surface area contributed by atoms with Crippen LogP contribution in [0.3, 0.4) is 0 Å².